The molecule has 1 fully saturated rings. The molecule has 1 aliphatic carbocycles. The van der Waals surface area contributed by atoms with Crippen LogP contribution in [0.3, 0.4) is 0 Å². The number of nitrogens with zero attached hydrogens (tertiary/aromatic N) is 1. The van der Waals surface area contributed by atoms with Crippen LogP contribution in [0.1, 0.15) is 63.9 Å². The van der Waals surface area contributed by atoms with Gasteiger partial charge < -0.3 is 0 Å². The lowest BCUT2D eigenvalue weighted by Gasteiger charge is -2.28. The summed E-state index contributed by atoms with van der Waals surface area (Å²) in [5.74, 6) is 0.247. The van der Waals surface area contributed by atoms with Gasteiger partial charge in [-0.2, -0.15) is 13.8 Å². The van der Waals surface area contributed by atoms with Crippen LogP contribution in [-0.4, -0.2) is 4.98 Å². The Labute approximate surface area is 120 Å². The first-order valence-corrected chi connectivity index (χ1v) is 8.00. The maximum atomic E-state index is 13.5. The maximum absolute atomic E-state index is 13.5. The second kappa shape index (κ2) is 7.70. The van der Waals surface area contributed by atoms with Crippen molar-refractivity contribution in [3.63, 3.8) is 0 Å². The van der Waals surface area contributed by atoms with E-state index in [1.807, 2.05) is 0 Å². The predicted molar refractivity (Wildman–Crippen MR) is 77.4 cm³/mol. The molecule has 0 saturated heterocycles. The van der Waals surface area contributed by atoms with Crippen molar-refractivity contribution in [3.05, 3.63) is 29.6 Å². The van der Waals surface area contributed by atoms with E-state index in [1.165, 1.54) is 57.1 Å². The molecular formula is C17H25F2N. The Morgan fingerprint density at radius 2 is 1.70 bits per heavy atom. The molecular weight excluding hydrogens is 256 g/mol. The number of unbranched alkanes of at least 4 members (excludes halogenated alkanes) is 1. The monoisotopic (exact) mass is 281 g/mol. The molecule has 0 N–H and O–H groups in total. The van der Waals surface area contributed by atoms with Crippen molar-refractivity contribution >= 4 is 0 Å². The largest absolute Gasteiger partial charge is 0.218 e. The molecule has 0 atom stereocenters. The first kappa shape index (κ1) is 15.4. The molecule has 0 aliphatic heterocycles. The zero-order valence-corrected chi connectivity index (χ0v) is 12.4. The molecule has 1 aliphatic rings. The fourth-order valence-corrected chi connectivity index (χ4v) is 3.29. The van der Waals surface area contributed by atoms with Gasteiger partial charge in [-0.05, 0) is 36.8 Å². The molecule has 0 unspecified atom stereocenters. The molecule has 1 aromatic rings. The van der Waals surface area contributed by atoms with Crippen LogP contribution in [0.5, 0.6) is 0 Å². The number of aromatic nitrogens is 1. The van der Waals surface area contributed by atoms with E-state index in [1.54, 1.807) is 0 Å². The van der Waals surface area contributed by atoms with E-state index in [4.69, 9.17) is 0 Å². The van der Waals surface area contributed by atoms with E-state index in [9.17, 15) is 8.78 Å². The van der Waals surface area contributed by atoms with Gasteiger partial charge in [0.25, 0.3) is 0 Å². The Morgan fingerprint density at radius 3 is 2.30 bits per heavy atom. The van der Waals surface area contributed by atoms with Gasteiger partial charge in [-0.25, -0.2) is 0 Å². The first-order valence-electron chi connectivity index (χ1n) is 8.00. The van der Waals surface area contributed by atoms with Crippen molar-refractivity contribution in [2.45, 2.75) is 64.7 Å². The quantitative estimate of drug-likeness (QED) is 0.646. The molecule has 0 amide bonds. The summed E-state index contributed by atoms with van der Waals surface area (Å²) in [5.41, 5.74) is 0.555. The van der Waals surface area contributed by atoms with Gasteiger partial charge in [0.05, 0.1) is 0 Å². The third-order valence-electron chi connectivity index (χ3n) is 4.65. The van der Waals surface area contributed by atoms with Crippen molar-refractivity contribution in [1.29, 1.82) is 0 Å². The minimum Gasteiger partial charge on any atom is -0.190 e. The van der Waals surface area contributed by atoms with Crippen LogP contribution in [0.2, 0.25) is 0 Å². The first-order chi connectivity index (χ1) is 9.69. The summed E-state index contributed by atoms with van der Waals surface area (Å²) < 4.78 is 26.2. The molecule has 1 saturated carbocycles. The van der Waals surface area contributed by atoms with Crippen LogP contribution in [0.4, 0.5) is 8.78 Å². The Balaban J connectivity index is 1.73. The topological polar surface area (TPSA) is 12.9 Å². The maximum Gasteiger partial charge on any atom is 0.218 e. The van der Waals surface area contributed by atoms with Gasteiger partial charge in [-0.1, -0.05) is 51.9 Å². The van der Waals surface area contributed by atoms with E-state index in [0.717, 1.165) is 12.3 Å². The summed E-state index contributed by atoms with van der Waals surface area (Å²) in [5, 5.41) is 0. The fraction of sp³-hybridized carbons (Fsp3) is 0.706. The zero-order valence-electron chi connectivity index (χ0n) is 12.4. The molecule has 1 nitrogen and oxygen atoms in total. The van der Waals surface area contributed by atoms with Crippen molar-refractivity contribution in [1.82, 2.24) is 4.98 Å². The summed E-state index contributed by atoms with van der Waals surface area (Å²) in [6, 6.07) is 2.78. The average molecular weight is 281 g/mol. The Morgan fingerprint density at radius 1 is 1.05 bits per heavy atom. The molecule has 3 heteroatoms. The number of pyridine rings is 1. The Hall–Kier alpha value is -0.990. The van der Waals surface area contributed by atoms with Crippen LogP contribution in [0.15, 0.2) is 12.1 Å². The van der Waals surface area contributed by atoms with Crippen LogP contribution in [-0.2, 0) is 6.42 Å². The van der Waals surface area contributed by atoms with Crippen LogP contribution < -0.4 is 0 Å². The molecule has 112 valence electrons. The molecule has 0 bridgehead atoms. The van der Waals surface area contributed by atoms with E-state index in [-0.39, 0.29) is 0 Å². The lowest BCUT2D eigenvalue weighted by Crippen LogP contribution is -2.15. The molecule has 1 heterocycles. The van der Waals surface area contributed by atoms with E-state index >= 15 is 0 Å². The lowest BCUT2D eigenvalue weighted by molar-refractivity contribution is 0.249. The van der Waals surface area contributed by atoms with Gasteiger partial charge in [-0.15, -0.1) is 0 Å². The Bertz CT molecular complexity index is 411. The third kappa shape index (κ3) is 4.53. The second-order valence-electron chi connectivity index (χ2n) is 6.15. The molecule has 0 radical (unpaired) electrons. The highest BCUT2D eigenvalue weighted by Gasteiger charge is 2.21. The minimum atomic E-state index is -0.734. The van der Waals surface area contributed by atoms with Crippen molar-refractivity contribution in [2.24, 2.45) is 11.8 Å². The molecule has 20 heavy (non-hydrogen) atoms. The highest BCUT2D eigenvalue weighted by Crippen LogP contribution is 2.34. The summed E-state index contributed by atoms with van der Waals surface area (Å²) in [7, 11) is 0. The molecule has 1 aromatic heterocycles. The number of hydrogen-bond acceptors (Lipinski definition) is 1. The summed E-state index contributed by atoms with van der Waals surface area (Å²) in [6.07, 6.45) is 10.9. The van der Waals surface area contributed by atoms with Gasteiger partial charge in [0.2, 0.25) is 11.9 Å². The Kier molecular flexibility index (Phi) is 5.93. The SMILES string of the molecule is CCCCC1CCC(CCc2ccc(F)nc2F)CC1. The van der Waals surface area contributed by atoms with Gasteiger partial charge in [0.15, 0.2) is 0 Å². The van der Waals surface area contributed by atoms with Gasteiger partial charge in [0, 0.05) is 5.56 Å². The normalized spacial score (nSPS) is 22.9. The van der Waals surface area contributed by atoms with E-state index < -0.39 is 11.9 Å². The van der Waals surface area contributed by atoms with Crippen LogP contribution in [0, 0.1) is 23.7 Å². The number of aryl methyl sites for hydroxylation is 1. The molecule has 0 aromatic carbocycles. The standard InChI is InChI=1S/C17H25F2N/c1-2-3-4-13-5-7-14(8-6-13)9-10-15-11-12-16(18)20-17(15)19/h11-14H,2-10H2,1H3. The van der Waals surface area contributed by atoms with E-state index in [0.29, 0.717) is 17.9 Å². The van der Waals surface area contributed by atoms with Crippen LogP contribution >= 0.6 is 0 Å². The number of halogens is 2. The third-order valence-corrected chi connectivity index (χ3v) is 4.65. The van der Waals surface area contributed by atoms with Gasteiger partial charge >= 0.3 is 0 Å². The summed E-state index contributed by atoms with van der Waals surface area (Å²) in [6.45, 7) is 2.25. The van der Waals surface area contributed by atoms with Gasteiger partial charge in [-0.3, -0.25) is 0 Å². The highest BCUT2D eigenvalue weighted by atomic mass is 19.1. The average Bonchev–Trinajstić information content (AvgIpc) is 2.45. The minimum absolute atomic E-state index is 0.555. The van der Waals surface area contributed by atoms with E-state index in [2.05, 4.69) is 11.9 Å². The smallest absolute Gasteiger partial charge is 0.190 e. The van der Waals surface area contributed by atoms with Crippen LogP contribution in [0.25, 0.3) is 0 Å². The number of rotatable bonds is 6. The van der Waals surface area contributed by atoms with Gasteiger partial charge in [0.1, 0.15) is 0 Å². The predicted octanol–water partition coefficient (Wildman–Crippen LogP) is 5.29. The lowest BCUT2D eigenvalue weighted by atomic mass is 9.78. The zero-order chi connectivity index (χ0) is 14.4. The highest BCUT2D eigenvalue weighted by molar-refractivity contribution is 5.11. The fourth-order valence-electron chi connectivity index (χ4n) is 3.29. The molecule has 0 spiro atoms. The number of hydrogen-bond donors (Lipinski definition) is 0. The second-order valence-corrected chi connectivity index (χ2v) is 6.15. The van der Waals surface area contributed by atoms with Crippen molar-refractivity contribution in [3.8, 4) is 0 Å². The summed E-state index contributed by atoms with van der Waals surface area (Å²) >= 11 is 0. The van der Waals surface area contributed by atoms with Crippen molar-refractivity contribution in [2.75, 3.05) is 0 Å². The van der Waals surface area contributed by atoms with Crippen molar-refractivity contribution < 1.29 is 8.78 Å². The summed E-state index contributed by atoms with van der Waals surface area (Å²) in [4.78, 5) is 3.25. The molecule has 2 rings (SSSR count).